The Morgan fingerprint density at radius 3 is 2.00 bits per heavy atom. The van der Waals surface area contributed by atoms with E-state index in [4.69, 9.17) is 0 Å². The lowest BCUT2D eigenvalue weighted by Gasteiger charge is -2.16. The molecule has 2 atom stereocenters. The minimum atomic E-state index is -0.0649. The molecule has 1 nitrogen and oxygen atoms in total. The normalized spacial score (nSPS) is 16.8. The summed E-state index contributed by atoms with van der Waals surface area (Å²) in [6.45, 7) is 6.40. The van der Waals surface area contributed by atoms with E-state index in [2.05, 4.69) is 20.8 Å². The van der Waals surface area contributed by atoms with Crippen LogP contribution in [0.1, 0.15) is 46.5 Å². The van der Waals surface area contributed by atoms with E-state index in [-0.39, 0.29) is 6.10 Å². The number of aliphatic hydroxyl groups is 1. The third kappa shape index (κ3) is 3.89. The van der Waals surface area contributed by atoms with Gasteiger partial charge in [0.15, 0.2) is 0 Å². The van der Waals surface area contributed by atoms with Crippen molar-refractivity contribution in [1.29, 1.82) is 0 Å². The van der Waals surface area contributed by atoms with E-state index in [0.29, 0.717) is 5.92 Å². The van der Waals surface area contributed by atoms with E-state index in [1.807, 2.05) is 0 Å². The van der Waals surface area contributed by atoms with Gasteiger partial charge in [-0.05, 0) is 18.8 Å². The van der Waals surface area contributed by atoms with Gasteiger partial charge in [-0.1, -0.05) is 33.6 Å². The van der Waals surface area contributed by atoms with Gasteiger partial charge in [-0.3, -0.25) is 0 Å². The topological polar surface area (TPSA) is 20.2 Å². The molecular weight excluding hydrogens is 124 g/mol. The fourth-order valence-corrected chi connectivity index (χ4v) is 1.23. The standard InChI is InChI=1S/C9H20O/c1-4-6-8(3)9(10)7-5-2/h8-10H,4-7H2,1-3H3/t8-,9?/m0/s1. The molecule has 0 aliphatic rings. The van der Waals surface area contributed by atoms with Crippen LogP contribution in [-0.2, 0) is 0 Å². The lowest BCUT2D eigenvalue weighted by atomic mass is 9.96. The van der Waals surface area contributed by atoms with Crippen molar-refractivity contribution in [2.45, 2.75) is 52.6 Å². The van der Waals surface area contributed by atoms with Gasteiger partial charge in [0, 0.05) is 0 Å². The molecule has 0 heterocycles. The molecule has 0 fully saturated rings. The second-order valence-corrected chi connectivity index (χ2v) is 3.12. The van der Waals surface area contributed by atoms with Gasteiger partial charge in [-0.15, -0.1) is 0 Å². The first-order valence-corrected chi connectivity index (χ1v) is 4.40. The zero-order valence-electron chi connectivity index (χ0n) is 7.43. The molecule has 0 aliphatic heterocycles. The fraction of sp³-hybridized carbons (Fsp3) is 1.00. The molecule has 0 amide bonds. The van der Waals surface area contributed by atoms with Crippen LogP contribution in [0, 0.1) is 5.92 Å². The Labute approximate surface area is 64.5 Å². The lowest BCUT2D eigenvalue weighted by Crippen LogP contribution is -2.16. The molecule has 0 radical (unpaired) electrons. The Morgan fingerprint density at radius 1 is 1.10 bits per heavy atom. The van der Waals surface area contributed by atoms with Gasteiger partial charge in [0.1, 0.15) is 0 Å². The molecule has 0 saturated heterocycles. The highest BCUT2D eigenvalue weighted by molar-refractivity contribution is 4.62. The summed E-state index contributed by atoms with van der Waals surface area (Å²) in [5.41, 5.74) is 0. The second kappa shape index (κ2) is 5.72. The molecule has 0 aromatic carbocycles. The Morgan fingerprint density at radius 2 is 1.60 bits per heavy atom. The fourth-order valence-electron chi connectivity index (χ4n) is 1.23. The van der Waals surface area contributed by atoms with Gasteiger partial charge in [-0.25, -0.2) is 0 Å². The second-order valence-electron chi connectivity index (χ2n) is 3.12. The van der Waals surface area contributed by atoms with E-state index < -0.39 is 0 Å². The molecule has 1 N–H and O–H groups in total. The van der Waals surface area contributed by atoms with Gasteiger partial charge >= 0.3 is 0 Å². The average Bonchev–Trinajstić information content (AvgIpc) is 1.89. The summed E-state index contributed by atoms with van der Waals surface area (Å²) < 4.78 is 0. The maximum atomic E-state index is 9.45. The highest BCUT2D eigenvalue weighted by atomic mass is 16.3. The molecule has 62 valence electrons. The predicted molar refractivity (Wildman–Crippen MR) is 45.0 cm³/mol. The van der Waals surface area contributed by atoms with Gasteiger partial charge in [0.05, 0.1) is 6.10 Å². The molecule has 1 heteroatoms. The minimum absolute atomic E-state index is 0.0649. The van der Waals surface area contributed by atoms with E-state index in [1.54, 1.807) is 0 Å². The van der Waals surface area contributed by atoms with Crippen LogP contribution in [0.2, 0.25) is 0 Å². The molecule has 0 saturated carbocycles. The zero-order valence-corrected chi connectivity index (χ0v) is 7.43. The molecule has 0 aliphatic carbocycles. The molecule has 10 heavy (non-hydrogen) atoms. The van der Waals surface area contributed by atoms with Crippen LogP contribution in [0.3, 0.4) is 0 Å². The largest absolute Gasteiger partial charge is 0.393 e. The van der Waals surface area contributed by atoms with Crippen molar-refractivity contribution < 1.29 is 5.11 Å². The maximum absolute atomic E-state index is 9.45. The van der Waals surface area contributed by atoms with E-state index in [0.717, 1.165) is 19.3 Å². The molecule has 0 bridgehead atoms. The average molecular weight is 144 g/mol. The summed E-state index contributed by atoms with van der Waals surface area (Å²) in [4.78, 5) is 0. The van der Waals surface area contributed by atoms with Crippen LogP contribution in [0.5, 0.6) is 0 Å². The molecule has 0 aromatic rings. The summed E-state index contributed by atoms with van der Waals surface area (Å²) in [5.74, 6) is 0.491. The summed E-state index contributed by atoms with van der Waals surface area (Å²) in [6, 6.07) is 0. The van der Waals surface area contributed by atoms with Gasteiger partial charge < -0.3 is 5.11 Å². The Balaban J connectivity index is 3.38. The van der Waals surface area contributed by atoms with Crippen LogP contribution in [-0.4, -0.2) is 11.2 Å². The summed E-state index contributed by atoms with van der Waals surface area (Å²) in [5, 5.41) is 9.45. The van der Waals surface area contributed by atoms with E-state index >= 15 is 0 Å². The predicted octanol–water partition coefficient (Wildman–Crippen LogP) is 2.58. The summed E-state index contributed by atoms with van der Waals surface area (Å²) in [6.07, 6.45) is 4.32. The van der Waals surface area contributed by atoms with Gasteiger partial charge in [0.25, 0.3) is 0 Å². The first-order chi connectivity index (χ1) is 4.72. The molecule has 0 spiro atoms. The summed E-state index contributed by atoms with van der Waals surface area (Å²) in [7, 11) is 0. The van der Waals surface area contributed by atoms with Crippen molar-refractivity contribution in [3.63, 3.8) is 0 Å². The van der Waals surface area contributed by atoms with Crippen molar-refractivity contribution in [1.82, 2.24) is 0 Å². The van der Waals surface area contributed by atoms with Crippen molar-refractivity contribution >= 4 is 0 Å². The lowest BCUT2D eigenvalue weighted by molar-refractivity contribution is 0.102. The number of aliphatic hydroxyl groups excluding tert-OH is 1. The molecular formula is C9H20O. The van der Waals surface area contributed by atoms with Crippen molar-refractivity contribution in [2.75, 3.05) is 0 Å². The number of hydrogen-bond acceptors (Lipinski definition) is 1. The van der Waals surface area contributed by atoms with Gasteiger partial charge in [-0.2, -0.15) is 0 Å². The number of hydrogen-bond donors (Lipinski definition) is 1. The van der Waals surface area contributed by atoms with Crippen LogP contribution in [0.25, 0.3) is 0 Å². The van der Waals surface area contributed by atoms with Crippen molar-refractivity contribution in [3.8, 4) is 0 Å². The maximum Gasteiger partial charge on any atom is 0.0565 e. The smallest absolute Gasteiger partial charge is 0.0565 e. The van der Waals surface area contributed by atoms with E-state index in [9.17, 15) is 5.11 Å². The Bertz CT molecular complexity index is 61.1. The molecule has 0 rings (SSSR count). The Hall–Kier alpha value is -0.0400. The molecule has 1 unspecified atom stereocenters. The summed E-state index contributed by atoms with van der Waals surface area (Å²) >= 11 is 0. The third-order valence-electron chi connectivity index (χ3n) is 1.99. The highest BCUT2D eigenvalue weighted by Crippen LogP contribution is 2.13. The minimum Gasteiger partial charge on any atom is -0.393 e. The van der Waals surface area contributed by atoms with Crippen LogP contribution in [0.4, 0.5) is 0 Å². The van der Waals surface area contributed by atoms with Crippen LogP contribution < -0.4 is 0 Å². The van der Waals surface area contributed by atoms with Gasteiger partial charge in [0.2, 0.25) is 0 Å². The van der Waals surface area contributed by atoms with Crippen LogP contribution >= 0.6 is 0 Å². The quantitative estimate of drug-likeness (QED) is 0.628. The van der Waals surface area contributed by atoms with E-state index in [1.165, 1.54) is 6.42 Å². The Kier molecular flexibility index (Phi) is 5.70. The highest BCUT2D eigenvalue weighted by Gasteiger charge is 2.10. The zero-order chi connectivity index (χ0) is 7.98. The third-order valence-corrected chi connectivity index (χ3v) is 1.99. The molecule has 0 aromatic heterocycles. The van der Waals surface area contributed by atoms with Crippen molar-refractivity contribution in [3.05, 3.63) is 0 Å². The first kappa shape index (κ1) is 9.96. The van der Waals surface area contributed by atoms with Crippen molar-refractivity contribution in [2.24, 2.45) is 5.92 Å². The first-order valence-electron chi connectivity index (χ1n) is 4.40. The van der Waals surface area contributed by atoms with Crippen LogP contribution in [0.15, 0.2) is 0 Å². The number of rotatable bonds is 5. The SMILES string of the molecule is CCCC(O)[C@@H](C)CCC. The monoisotopic (exact) mass is 144 g/mol.